The van der Waals surface area contributed by atoms with Gasteiger partial charge in [0.1, 0.15) is 5.51 Å². The molecule has 0 aromatic carbocycles. The van der Waals surface area contributed by atoms with E-state index in [1.807, 2.05) is 6.92 Å². The Kier molecular flexibility index (Phi) is 4.12. The van der Waals surface area contributed by atoms with Crippen molar-refractivity contribution < 1.29 is 8.42 Å². The molecule has 0 spiro atoms. The SMILES string of the molecule is CCNCc1c(S(=O)(=O)Nc2nncs2)n[nH]c1C. The predicted molar refractivity (Wildman–Crippen MR) is 71.4 cm³/mol. The van der Waals surface area contributed by atoms with Gasteiger partial charge in [0.25, 0.3) is 10.0 Å². The molecule has 0 bridgehead atoms. The molecule has 0 aliphatic rings. The Morgan fingerprint density at radius 1 is 1.47 bits per heavy atom. The Labute approximate surface area is 114 Å². The zero-order valence-corrected chi connectivity index (χ0v) is 12.1. The van der Waals surface area contributed by atoms with Gasteiger partial charge in [0.15, 0.2) is 0 Å². The maximum absolute atomic E-state index is 12.2. The Balaban J connectivity index is 2.30. The third-order valence-electron chi connectivity index (χ3n) is 2.42. The number of nitrogens with zero attached hydrogens (tertiary/aromatic N) is 3. The van der Waals surface area contributed by atoms with Gasteiger partial charge in [-0.1, -0.05) is 18.3 Å². The first-order valence-electron chi connectivity index (χ1n) is 5.58. The number of anilines is 1. The fraction of sp³-hybridized carbons (Fsp3) is 0.444. The summed E-state index contributed by atoms with van der Waals surface area (Å²) in [5.74, 6) is 0. The number of aromatic amines is 1. The average molecular weight is 302 g/mol. The number of aryl methyl sites for hydroxylation is 1. The van der Waals surface area contributed by atoms with E-state index in [-0.39, 0.29) is 10.2 Å². The molecule has 2 aromatic heterocycles. The van der Waals surface area contributed by atoms with Crippen LogP contribution in [-0.4, -0.2) is 35.4 Å². The maximum atomic E-state index is 12.2. The number of hydrogen-bond donors (Lipinski definition) is 3. The molecule has 19 heavy (non-hydrogen) atoms. The van der Waals surface area contributed by atoms with Crippen molar-refractivity contribution in [1.29, 1.82) is 0 Å². The zero-order chi connectivity index (χ0) is 13.9. The molecule has 0 saturated heterocycles. The van der Waals surface area contributed by atoms with Crippen LogP contribution in [0.5, 0.6) is 0 Å². The molecule has 0 fully saturated rings. The van der Waals surface area contributed by atoms with E-state index < -0.39 is 10.0 Å². The molecule has 2 heterocycles. The van der Waals surface area contributed by atoms with E-state index in [0.29, 0.717) is 12.1 Å². The molecular weight excluding hydrogens is 288 g/mol. The fourth-order valence-corrected chi connectivity index (χ4v) is 3.38. The highest BCUT2D eigenvalue weighted by Gasteiger charge is 2.24. The van der Waals surface area contributed by atoms with E-state index in [9.17, 15) is 8.42 Å². The van der Waals surface area contributed by atoms with Crippen molar-refractivity contribution in [3.63, 3.8) is 0 Å². The normalized spacial score (nSPS) is 11.7. The minimum Gasteiger partial charge on any atom is -0.313 e. The summed E-state index contributed by atoms with van der Waals surface area (Å²) in [6.45, 7) is 4.91. The van der Waals surface area contributed by atoms with Crippen LogP contribution in [0.2, 0.25) is 0 Å². The standard InChI is InChI=1S/C9H14N6O2S2/c1-3-10-4-7-6(2)12-13-8(7)19(16,17)15-9-14-11-5-18-9/h5,10H,3-4H2,1-2H3,(H,12,13)(H,14,15). The van der Waals surface area contributed by atoms with E-state index in [4.69, 9.17) is 0 Å². The summed E-state index contributed by atoms with van der Waals surface area (Å²) in [4.78, 5) is 0. The summed E-state index contributed by atoms with van der Waals surface area (Å²) in [6, 6.07) is 0. The zero-order valence-electron chi connectivity index (χ0n) is 10.5. The lowest BCUT2D eigenvalue weighted by atomic mass is 10.2. The first kappa shape index (κ1) is 13.9. The van der Waals surface area contributed by atoms with Crippen molar-refractivity contribution in [2.45, 2.75) is 25.4 Å². The van der Waals surface area contributed by atoms with Crippen molar-refractivity contribution in [2.24, 2.45) is 0 Å². The number of sulfonamides is 1. The van der Waals surface area contributed by atoms with Gasteiger partial charge in [-0.05, 0) is 13.5 Å². The minimum absolute atomic E-state index is 0.0128. The molecular formula is C9H14N6O2S2. The van der Waals surface area contributed by atoms with Gasteiger partial charge in [-0.25, -0.2) is 0 Å². The largest absolute Gasteiger partial charge is 0.313 e. The molecule has 0 amide bonds. The van der Waals surface area contributed by atoms with Crippen LogP contribution in [0.4, 0.5) is 5.13 Å². The van der Waals surface area contributed by atoms with Crippen LogP contribution in [0, 0.1) is 6.92 Å². The van der Waals surface area contributed by atoms with Crippen LogP contribution in [0.1, 0.15) is 18.2 Å². The van der Waals surface area contributed by atoms with Crippen molar-refractivity contribution in [3.05, 3.63) is 16.8 Å². The highest BCUT2D eigenvalue weighted by atomic mass is 32.2. The molecule has 2 aromatic rings. The molecule has 0 radical (unpaired) electrons. The average Bonchev–Trinajstić information content (AvgIpc) is 2.96. The minimum atomic E-state index is -3.75. The van der Waals surface area contributed by atoms with Crippen LogP contribution >= 0.6 is 11.3 Å². The van der Waals surface area contributed by atoms with Gasteiger partial charge >= 0.3 is 0 Å². The third-order valence-corrected chi connectivity index (χ3v) is 4.47. The van der Waals surface area contributed by atoms with Gasteiger partial charge in [-0.3, -0.25) is 9.82 Å². The van der Waals surface area contributed by atoms with E-state index in [1.165, 1.54) is 5.51 Å². The monoisotopic (exact) mass is 302 g/mol. The molecule has 0 unspecified atom stereocenters. The van der Waals surface area contributed by atoms with E-state index >= 15 is 0 Å². The fourth-order valence-electron chi connectivity index (χ4n) is 1.49. The van der Waals surface area contributed by atoms with Gasteiger partial charge in [0, 0.05) is 17.8 Å². The Bertz CT molecular complexity index is 634. The summed E-state index contributed by atoms with van der Waals surface area (Å²) in [5, 5.41) is 17.1. The lowest BCUT2D eigenvalue weighted by Gasteiger charge is -2.06. The van der Waals surface area contributed by atoms with Crippen molar-refractivity contribution in [3.8, 4) is 0 Å². The van der Waals surface area contributed by atoms with Crippen molar-refractivity contribution in [1.82, 2.24) is 25.7 Å². The Hall–Kier alpha value is -1.52. The topological polar surface area (TPSA) is 113 Å². The molecule has 0 saturated carbocycles. The molecule has 8 nitrogen and oxygen atoms in total. The molecule has 10 heteroatoms. The highest BCUT2D eigenvalue weighted by molar-refractivity contribution is 7.92. The second-order valence-electron chi connectivity index (χ2n) is 3.76. The summed E-state index contributed by atoms with van der Waals surface area (Å²) >= 11 is 1.11. The maximum Gasteiger partial charge on any atom is 0.283 e. The van der Waals surface area contributed by atoms with Gasteiger partial charge in [-0.2, -0.15) is 13.5 Å². The van der Waals surface area contributed by atoms with Crippen LogP contribution in [-0.2, 0) is 16.6 Å². The first-order valence-corrected chi connectivity index (χ1v) is 7.94. The number of aromatic nitrogens is 4. The number of H-pyrrole nitrogens is 1. The van der Waals surface area contributed by atoms with Gasteiger partial charge < -0.3 is 5.32 Å². The molecule has 2 rings (SSSR count). The van der Waals surface area contributed by atoms with Crippen molar-refractivity contribution >= 4 is 26.5 Å². The Morgan fingerprint density at radius 3 is 2.89 bits per heavy atom. The highest BCUT2D eigenvalue weighted by Crippen LogP contribution is 2.20. The van der Waals surface area contributed by atoms with E-state index in [2.05, 4.69) is 30.4 Å². The van der Waals surface area contributed by atoms with Gasteiger partial charge in [-0.15, -0.1) is 10.2 Å². The lowest BCUT2D eigenvalue weighted by molar-refractivity contribution is 0.594. The summed E-state index contributed by atoms with van der Waals surface area (Å²) in [6.07, 6.45) is 0. The summed E-state index contributed by atoms with van der Waals surface area (Å²) in [7, 11) is -3.75. The number of rotatable bonds is 6. The second-order valence-corrected chi connectivity index (χ2v) is 6.19. The van der Waals surface area contributed by atoms with Crippen LogP contribution in [0.25, 0.3) is 0 Å². The van der Waals surface area contributed by atoms with E-state index in [1.54, 1.807) is 6.92 Å². The second kappa shape index (κ2) is 5.63. The molecule has 0 aliphatic heterocycles. The molecule has 104 valence electrons. The van der Waals surface area contributed by atoms with Crippen LogP contribution in [0.3, 0.4) is 0 Å². The quantitative estimate of drug-likeness (QED) is 0.715. The predicted octanol–water partition coefficient (Wildman–Crippen LogP) is 0.480. The number of hydrogen-bond acceptors (Lipinski definition) is 7. The van der Waals surface area contributed by atoms with Crippen LogP contribution in [0.15, 0.2) is 10.5 Å². The lowest BCUT2D eigenvalue weighted by Crippen LogP contribution is -2.19. The third kappa shape index (κ3) is 3.08. The molecule has 0 aliphatic carbocycles. The van der Waals surface area contributed by atoms with Gasteiger partial charge in [0.05, 0.1) is 0 Å². The first-order chi connectivity index (χ1) is 9.04. The molecule has 3 N–H and O–H groups in total. The Morgan fingerprint density at radius 2 is 2.26 bits per heavy atom. The van der Waals surface area contributed by atoms with Crippen LogP contribution < -0.4 is 10.0 Å². The summed E-state index contributed by atoms with van der Waals surface area (Å²) < 4.78 is 26.8. The van der Waals surface area contributed by atoms with Gasteiger partial charge in [0.2, 0.25) is 10.2 Å². The smallest absolute Gasteiger partial charge is 0.283 e. The molecule has 0 atom stereocenters. The van der Waals surface area contributed by atoms with E-state index in [0.717, 1.165) is 23.6 Å². The van der Waals surface area contributed by atoms with Crippen molar-refractivity contribution in [2.75, 3.05) is 11.3 Å². The summed E-state index contributed by atoms with van der Waals surface area (Å²) in [5.41, 5.74) is 2.80. The number of nitrogens with one attached hydrogen (secondary N) is 3.